The van der Waals surface area contributed by atoms with Crippen LogP contribution in [0.4, 0.5) is 11.4 Å². The molecule has 0 aliphatic rings. The van der Waals surface area contributed by atoms with Crippen LogP contribution >= 0.6 is 0 Å². The third-order valence-corrected chi connectivity index (χ3v) is 4.57. The first-order valence-corrected chi connectivity index (χ1v) is 9.96. The minimum atomic E-state index is 0.441. The molecule has 0 fully saturated rings. The summed E-state index contributed by atoms with van der Waals surface area (Å²) < 4.78 is 10.0. The van der Waals surface area contributed by atoms with Crippen molar-refractivity contribution in [3.05, 3.63) is 59.8 Å². The van der Waals surface area contributed by atoms with Crippen LogP contribution in [0, 0.1) is 11.3 Å². The van der Waals surface area contributed by atoms with Gasteiger partial charge in [0.1, 0.15) is 11.8 Å². The summed E-state index contributed by atoms with van der Waals surface area (Å²) in [6.07, 6.45) is 2.57. The minimum Gasteiger partial charge on any atom is -0.497 e. The molecular formula is C24H30N4O2. The Morgan fingerprint density at radius 3 is 2.57 bits per heavy atom. The molecule has 0 radical (unpaired) electrons. The third kappa shape index (κ3) is 6.18. The molecule has 2 aromatic carbocycles. The third-order valence-electron chi connectivity index (χ3n) is 4.57. The highest BCUT2D eigenvalue weighted by Crippen LogP contribution is 2.32. The number of nitrogens with one attached hydrogen (secondary N) is 1. The van der Waals surface area contributed by atoms with Gasteiger partial charge in [0.15, 0.2) is 0 Å². The standard InChI is InChI=1S/C20H19N3O.C4H11NO/c1-13(2)14-5-4-6-16(9-14)23-20-15(11-21)12-22-19-8-7-17(24-3)10-18(19)20;1-6-4-2-3-5/h4-10,12-13H,1-3H3,(H,22,23);2-5H2,1H3. The van der Waals surface area contributed by atoms with Crippen molar-refractivity contribution in [3.8, 4) is 11.8 Å². The van der Waals surface area contributed by atoms with E-state index in [1.807, 2.05) is 30.3 Å². The molecule has 3 rings (SSSR count). The topological polar surface area (TPSA) is 93.2 Å². The second kappa shape index (κ2) is 11.8. The van der Waals surface area contributed by atoms with Gasteiger partial charge in [-0.3, -0.25) is 4.98 Å². The molecule has 1 aromatic heterocycles. The average molecular weight is 407 g/mol. The second-order valence-electron chi connectivity index (χ2n) is 7.08. The quantitative estimate of drug-likeness (QED) is 0.539. The summed E-state index contributed by atoms with van der Waals surface area (Å²) in [7, 11) is 3.30. The maximum absolute atomic E-state index is 9.46. The lowest BCUT2D eigenvalue weighted by Crippen LogP contribution is -2.01. The van der Waals surface area contributed by atoms with Gasteiger partial charge < -0.3 is 20.5 Å². The number of fused-ring (bicyclic) bond motifs is 1. The molecule has 0 aliphatic carbocycles. The fourth-order valence-electron chi connectivity index (χ4n) is 2.87. The van der Waals surface area contributed by atoms with Gasteiger partial charge >= 0.3 is 0 Å². The van der Waals surface area contributed by atoms with Crippen LogP contribution < -0.4 is 15.8 Å². The van der Waals surface area contributed by atoms with Gasteiger partial charge in [-0.25, -0.2) is 0 Å². The number of benzene rings is 2. The average Bonchev–Trinajstić information content (AvgIpc) is 2.78. The molecule has 1 heterocycles. The molecule has 0 atom stereocenters. The zero-order chi connectivity index (χ0) is 21.9. The summed E-state index contributed by atoms with van der Waals surface area (Å²) in [5, 5.41) is 13.7. The van der Waals surface area contributed by atoms with Crippen LogP contribution in [0.5, 0.6) is 5.75 Å². The van der Waals surface area contributed by atoms with Gasteiger partial charge in [-0.1, -0.05) is 26.0 Å². The van der Waals surface area contributed by atoms with Gasteiger partial charge in [0, 0.05) is 31.0 Å². The van der Waals surface area contributed by atoms with Crippen LogP contribution in [0.1, 0.15) is 37.3 Å². The number of aromatic nitrogens is 1. The Morgan fingerprint density at radius 2 is 1.97 bits per heavy atom. The van der Waals surface area contributed by atoms with Crippen molar-refractivity contribution in [1.29, 1.82) is 5.26 Å². The summed E-state index contributed by atoms with van der Waals surface area (Å²) >= 11 is 0. The van der Waals surface area contributed by atoms with Gasteiger partial charge in [-0.2, -0.15) is 5.26 Å². The molecule has 6 nitrogen and oxygen atoms in total. The summed E-state index contributed by atoms with van der Waals surface area (Å²) in [5.74, 6) is 1.18. The van der Waals surface area contributed by atoms with Gasteiger partial charge in [0.2, 0.25) is 0 Å². The Hall–Kier alpha value is -3.14. The maximum atomic E-state index is 9.46. The fraction of sp³-hybridized carbons (Fsp3) is 0.333. The van der Waals surface area contributed by atoms with Crippen LogP contribution in [0.15, 0.2) is 48.7 Å². The van der Waals surface area contributed by atoms with Crippen LogP contribution in [-0.4, -0.2) is 32.4 Å². The fourth-order valence-corrected chi connectivity index (χ4v) is 2.87. The Bertz CT molecular complexity index is 992. The Labute approximate surface area is 178 Å². The van der Waals surface area contributed by atoms with Crippen molar-refractivity contribution in [2.24, 2.45) is 5.73 Å². The van der Waals surface area contributed by atoms with E-state index in [9.17, 15) is 5.26 Å². The molecule has 3 N–H and O–H groups in total. The van der Waals surface area contributed by atoms with E-state index in [-0.39, 0.29) is 0 Å². The number of pyridine rings is 1. The lowest BCUT2D eigenvalue weighted by molar-refractivity contribution is 0.197. The second-order valence-corrected chi connectivity index (χ2v) is 7.08. The maximum Gasteiger partial charge on any atom is 0.119 e. The SMILES string of the molecule is COCCCN.COc1ccc2ncc(C#N)c(Nc3cccc(C(C)C)c3)c2c1. The van der Waals surface area contributed by atoms with E-state index in [2.05, 4.69) is 42.4 Å². The first kappa shape index (κ1) is 23.1. The zero-order valence-electron chi connectivity index (χ0n) is 18.1. The van der Waals surface area contributed by atoms with Crippen molar-refractivity contribution in [2.45, 2.75) is 26.2 Å². The van der Waals surface area contributed by atoms with Crippen LogP contribution in [0.2, 0.25) is 0 Å². The lowest BCUT2D eigenvalue weighted by Gasteiger charge is -2.14. The van der Waals surface area contributed by atoms with Gasteiger partial charge in [0.25, 0.3) is 0 Å². The van der Waals surface area contributed by atoms with Crippen molar-refractivity contribution < 1.29 is 9.47 Å². The Morgan fingerprint density at radius 1 is 1.17 bits per heavy atom. The Kier molecular flexibility index (Phi) is 9.07. The Balaban J connectivity index is 0.000000469. The van der Waals surface area contributed by atoms with Crippen molar-refractivity contribution in [1.82, 2.24) is 4.98 Å². The molecular weight excluding hydrogens is 376 g/mol. The number of hydrogen-bond acceptors (Lipinski definition) is 6. The molecule has 3 aromatic rings. The molecule has 0 amide bonds. The monoisotopic (exact) mass is 406 g/mol. The number of hydrogen-bond donors (Lipinski definition) is 2. The zero-order valence-corrected chi connectivity index (χ0v) is 18.1. The highest BCUT2D eigenvalue weighted by Gasteiger charge is 2.11. The van der Waals surface area contributed by atoms with Gasteiger partial charge in [0.05, 0.1) is 23.9 Å². The molecule has 0 unspecified atom stereocenters. The highest BCUT2D eigenvalue weighted by molar-refractivity contribution is 5.96. The number of nitriles is 1. The van der Waals surface area contributed by atoms with E-state index in [4.69, 9.17) is 15.2 Å². The number of ether oxygens (including phenoxy) is 2. The smallest absolute Gasteiger partial charge is 0.119 e. The van der Waals surface area contributed by atoms with E-state index in [0.29, 0.717) is 11.5 Å². The summed E-state index contributed by atoms with van der Waals surface area (Å²) in [6, 6.07) is 16.1. The number of rotatable bonds is 7. The van der Waals surface area contributed by atoms with Crippen LogP contribution in [0.3, 0.4) is 0 Å². The number of anilines is 2. The van der Waals surface area contributed by atoms with Crippen molar-refractivity contribution in [3.63, 3.8) is 0 Å². The van der Waals surface area contributed by atoms with Gasteiger partial charge in [-0.15, -0.1) is 0 Å². The van der Waals surface area contributed by atoms with Crippen LogP contribution in [0.25, 0.3) is 10.9 Å². The number of nitrogens with two attached hydrogens (primary N) is 1. The molecule has 30 heavy (non-hydrogen) atoms. The first-order valence-electron chi connectivity index (χ1n) is 9.96. The van der Waals surface area contributed by atoms with Crippen molar-refractivity contribution in [2.75, 3.05) is 32.7 Å². The molecule has 0 saturated heterocycles. The minimum absolute atomic E-state index is 0.441. The molecule has 0 spiro atoms. The largest absolute Gasteiger partial charge is 0.497 e. The summed E-state index contributed by atoms with van der Waals surface area (Å²) in [4.78, 5) is 4.36. The van der Waals surface area contributed by atoms with E-state index in [1.165, 1.54) is 5.56 Å². The molecule has 0 aliphatic heterocycles. The lowest BCUT2D eigenvalue weighted by atomic mass is 10.0. The highest BCUT2D eigenvalue weighted by atomic mass is 16.5. The molecule has 0 saturated carbocycles. The molecule has 6 heteroatoms. The number of methoxy groups -OCH3 is 2. The predicted octanol–water partition coefficient (Wildman–Crippen LogP) is 4.96. The normalized spacial score (nSPS) is 10.3. The number of nitrogens with zero attached hydrogens (tertiary/aromatic N) is 2. The molecule has 0 bridgehead atoms. The van der Waals surface area contributed by atoms with Crippen molar-refractivity contribution >= 4 is 22.3 Å². The summed E-state index contributed by atoms with van der Waals surface area (Å²) in [6.45, 7) is 5.84. The van der Waals surface area contributed by atoms with E-state index in [0.717, 1.165) is 47.6 Å². The van der Waals surface area contributed by atoms with E-state index < -0.39 is 0 Å². The molecule has 158 valence electrons. The van der Waals surface area contributed by atoms with E-state index in [1.54, 1.807) is 20.4 Å². The van der Waals surface area contributed by atoms with E-state index >= 15 is 0 Å². The van der Waals surface area contributed by atoms with Gasteiger partial charge in [-0.05, 0) is 54.8 Å². The first-order chi connectivity index (χ1) is 14.5. The van der Waals surface area contributed by atoms with Crippen LogP contribution in [-0.2, 0) is 4.74 Å². The summed E-state index contributed by atoms with van der Waals surface area (Å²) in [5.41, 5.74) is 9.41. The predicted molar refractivity (Wildman–Crippen MR) is 122 cm³/mol.